The normalized spacial score (nSPS) is 11.6. The van der Waals surface area contributed by atoms with Crippen LogP contribution in [0.1, 0.15) is 27.8 Å². The third-order valence-corrected chi connectivity index (χ3v) is 8.76. The van der Waals surface area contributed by atoms with E-state index in [0.717, 1.165) is 5.56 Å². The van der Waals surface area contributed by atoms with Crippen LogP contribution >= 0.6 is 67.8 Å². The number of halogens is 3. The Morgan fingerprint density at radius 1 is 0.500 bits per heavy atom. The van der Waals surface area contributed by atoms with Gasteiger partial charge in [0.05, 0.1) is 5.41 Å². The van der Waals surface area contributed by atoms with E-state index < -0.39 is 13.5 Å². The van der Waals surface area contributed by atoms with Gasteiger partial charge in [-0.3, -0.25) is 0 Å². The molecule has 0 amide bonds. The summed E-state index contributed by atoms with van der Waals surface area (Å²) in [7, 11) is -1.43. The van der Waals surface area contributed by atoms with Crippen molar-refractivity contribution < 1.29 is 0 Å². The van der Waals surface area contributed by atoms with Crippen LogP contribution in [0.25, 0.3) is 0 Å². The summed E-state index contributed by atoms with van der Waals surface area (Å²) in [4.78, 5) is 0. The van der Waals surface area contributed by atoms with Gasteiger partial charge in [0.25, 0.3) is 0 Å². The van der Waals surface area contributed by atoms with Crippen molar-refractivity contribution in [1.29, 1.82) is 0 Å². The minimum Gasteiger partial charge on any atom is -0.127 e. The molecule has 0 aliphatic heterocycles. The summed E-state index contributed by atoms with van der Waals surface area (Å²) >= 11 is 7.15. The molecule has 34 heavy (non-hydrogen) atoms. The fraction of sp³-hybridized carbons (Fsp3) is 0.133. The molecule has 4 heteroatoms. The summed E-state index contributed by atoms with van der Waals surface area (Å²) < 4.78 is 3.70. The lowest BCUT2D eigenvalue weighted by atomic mass is 9.65. The molecule has 0 heterocycles. The smallest absolute Gasteiger partial charge is 0.127 e. The molecule has 0 saturated carbocycles. The SMILES string of the molecule is C[Si](C)(C)C#Cc1ccc(C(c2ccc(I)cc2)(c2ccc(I)cc2)c2ccc(I)cc2)cc1. The summed E-state index contributed by atoms with van der Waals surface area (Å²) in [5.41, 5.74) is 9.17. The molecule has 0 aromatic heterocycles. The molecule has 170 valence electrons. The Kier molecular flexibility index (Phi) is 8.27. The van der Waals surface area contributed by atoms with Crippen LogP contribution in [0.3, 0.4) is 0 Å². The molecule has 0 spiro atoms. The Bertz CT molecular complexity index is 1210. The number of rotatable bonds is 4. The molecule has 0 fully saturated rings. The Morgan fingerprint density at radius 2 is 0.794 bits per heavy atom. The van der Waals surface area contributed by atoms with Crippen LogP contribution in [0.4, 0.5) is 0 Å². The third kappa shape index (κ3) is 5.80. The number of hydrogen-bond donors (Lipinski definition) is 0. The molecule has 0 saturated heterocycles. The summed E-state index contributed by atoms with van der Waals surface area (Å²) in [6, 6.07) is 35.8. The van der Waals surface area contributed by atoms with Crippen molar-refractivity contribution in [2.24, 2.45) is 0 Å². The predicted molar refractivity (Wildman–Crippen MR) is 173 cm³/mol. The van der Waals surface area contributed by atoms with Crippen molar-refractivity contribution in [3.8, 4) is 11.5 Å². The maximum absolute atomic E-state index is 3.50. The Labute approximate surface area is 245 Å². The summed E-state index contributed by atoms with van der Waals surface area (Å²) in [5.74, 6) is 3.41. The fourth-order valence-electron chi connectivity index (χ4n) is 4.16. The van der Waals surface area contributed by atoms with Crippen molar-refractivity contribution >= 4 is 75.8 Å². The maximum Gasteiger partial charge on any atom is 0.129 e. The monoisotopic (exact) mass is 794 g/mol. The van der Waals surface area contributed by atoms with Gasteiger partial charge in [0, 0.05) is 16.3 Å². The predicted octanol–water partition coefficient (Wildman–Crippen LogP) is 9.11. The van der Waals surface area contributed by atoms with Gasteiger partial charge >= 0.3 is 0 Å². The summed E-state index contributed by atoms with van der Waals surface area (Å²) in [6.45, 7) is 6.84. The van der Waals surface area contributed by atoms with Crippen LogP contribution in [0.5, 0.6) is 0 Å². The zero-order valence-electron chi connectivity index (χ0n) is 19.4. The fourth-order valence-corrected chi connectivity index (χ4v) is 5.76. The van der Waals surface area contributed by atoms with Crippen LogP contribution < -0.4 is 0 Å². The van der Waals surface area contributed by atoms with Crippen molar-refractivity contribution in [2.75, 3.05) is 0 Å². The van der Waals surface area contributed by atoms with Gasteiger partial charge in [-0.05, 0) is 139 Å². The van der Waals surface area contributed by atoms with E-state index in [2.05, 4.69) is 196 Å². The van der Waals surface area contributed by atoms with Gasteiger partial charge in [-0.2, -0.15) is 0 Å². The van der Waals surface area contributed by atoms with Gasteiger partial charge in [0.1, 0.15) is 8.07 Å². The van der Waals surface area contributed by atoms with Crippen LogP contribution in [0.15, 0.2) is 97.1 Å². The van der Waals surface area contributed by atoms with Crippen molar-refractivity contribution in [1.82, 2.24) is 0 Å². The van der Waals surface area contributed by atoms with E-state index >= 15 is 0 Å². The second-order valence-corrected chi connectivity index (χ2v) is 17.8. The van der Waals surface area contributed by atoms with Gasteiger partial charge in [-0.15, -0.1) is 5.54 Å². The molecular weight excluding hydrogens is 769 g/mol. The molecule has 0 bridgehead atoms. The van der Waals surface area contributed by atoms with Gasteiger partial charge in [-0.25, -0.2) is 0 Å². The van der Waals surface area contributed by atoms with Gasteiger partial charge < -0.3 is 0 Å². The molecule has 0 N–H and O–H groups in total. The third-order valence-electron chi connectivity index (χ3n) is 5.73. The lowest BCUT2D eigenvalue weighted by Crippen LogP contribution is -2.31. The minimum absolute atomic E-state index is 0.427. The first-order valence-corrected chi connectivity index (χ1v) is 17.8. The van der Waals surface area contributed by atoms with E-state index in [-0.39, 0.29) is 0 Å². The van der Waals surface area contributed by atoms with Gasteiger partial charge in [0.2, 0.25) is 0 Å². The highest BCUT2D eigenvalue weighted by Crippen LogP contribution is 2.45. The highest BCUT2D eigenvalue weighted by molar-refractivity contribution is 14.1. The van der Waals surface area contributed by atoms with Crippen molar-refractivity contribution in [3.05, 3.63) is 136 Å². The second-order valence-electron chi connectivity index (χ2n) is 9.35. The van der Waals surface area contributed by atoms with E-state index in [0.29, 0.717) is 0 Å². The Hall–Kier alpha value is -1.15. The first-order valence-electron chi connectivity index (χ1n) is 11.1. The van der Waals surface area contributed by atoms with E-state index in [9.17, 15) is 0 Å². The molecule has 4 aromatic rings. The molecule has 4 rings (SSSR count). The Morgan fingerprint density at radius 3 is 1.09 bits per heavy atom. The largest absolute Gasteiger partial charge is 0.129 e. The zero-order chi connectivity index (χ0) is 24.3. The molecule has 0 aliphatic carbocycles. The summed E-state index contributed by atoms with van der Waals surface area (Å²) in [6.07, 6.45) is 0. The number of hydrogen-bond acceptors (Lipinski definition) is 0. The minimum atomic E-state index is -1.43. The average molecular weight is 794 g/mol. The molecule has 0 unspecified atom stereocenters. The van der Waals surface area contributed by atoms with Crippen LogP contribution in [-0.2, 0) is 5.41 Å². The quantitative estimate of drug-likeness (QED) is 0.0838. The lowest BCUT2D eigenvalue weighted by molar-refractivity contribution is 0.744. The van der Waals surface area contributed by atoms with Crippen LogP contribution in [-0.4, -0.2) is 8.07 Å². The number of benzene rings is 4. The Balaban J connectivity index is 2.01. The molecular formula is C30H25I3Si. The highest BCUT2D eigenvalue weighted by atomic mass is 127. The van der Waals surface area contributed by atoms with E-state index in [1.54, 1.807) is 0 Å². The van der Waals surface area contributed by atoms with Crippen LogP contribution in [0, 0.1) is 22.2 Å². The van der Waals surface area contributed by atoms with Crippen molar-refractivity contribution in [3.63, 3.8) is 0 Å². The molecule has 0 aliphatic rings. The molecule has 4 aromatic carbocycles. The zero-order valence-corrected chi connectivity index (χ0v) is 26.8. The summed E-state index contributed by atoms with van der Waals surface area (Å²) in [5, 5.41) is 0. The maximum atomic E-state index is 3.50. The highest BCUT2D eigenvalue weighted by Gasteiger charge is 2.38. The lowest BCUT2D eigenvalue weighted by Gasteiger charge is -2.37. The first kappa shape index (κ1) is 25.9. The average Bonchev–Trinajstić information content (AvgIpc) is 2.81. The first-order chi connectivity index (χ1) is 16.2. The molecule has 0 atom stereocenters. The molecule has 0 radical (unpaired) electrons. The molecule has 0 nitrogen and oxygen atoms in total. The van der Waals surface area contributed by atoms with E-state index in [1.165, 1.54) is 33.0 Å². The van der Waals surface area contributed by atoms with Gasteiger partial charge in [-0.1, -0.05) is 74.1 Å². The van der Waals surface area contributed by atoms with Crippen LogP contribution in [0.2, 0.25) is 19.6 Å². The standard InChI is InChI=1S/C30H25I3Si/c1-34(2,3)21-20-22-4-6-23(7-5-22)30(24-8-14-27(31)15-9-24,25-10-16-28(32)17-11-25)26-12-18-29(33)19-13-26/h4-19H,1-3H3. The van der Waals surface area contributed by atoms with Crippen molar-refractivity contribution in [2.45, 2.75) is 25.1 Å². The van der Waals surface area contributed by atoms with E-state index in [1.807, 2.05) is 0 Å². The topological polar surface area (TPSA) is 0 Å². The van der Waals surface area contributed by atoms with E-state index in [4.69, 9.17) is 0 Å². The second kappa shape index (κ2) is 10.9. The van der Waals surface area contributed by atoms with Gasteiger partial charge in [0.15, 0.2) is 0 Å².